The highest BCUT2D eigenvalue weighted by Gasteiger charge is 2.12. The predicted molar refractivity (Wildman–Crippen MR) is 93.0 cm³/mol. The molecule has 106 valence electrons. The van der Waals surface area contributed by atoms with Gasteiger partial charge in [-0.3, -0.25) is 0 Å². The summed E-state index contributed by atoms with van der Waals surface area (Å²) in [4.78, 5) is 0. The van der Waals surface area contributed by atoms with E-state index >= 15 is 0 Å². The largest absolute Gasteiger partial charge is 0.307 e. The molecule has 0 spiro atoms. The number of halogens is 2. The van der Waals surface area contributed by atoms with E-state index in [2.05, 4.69) is 99.6 Å². The summed E-state index contributed by atoms with van der Waals surface area (Å²) in [5.74, 6) is 0. The third kappa shape index (κ3) is 4.44. The van der Waals surface area contributed by atoms with E-state index in [9.17, 15) is 0 Å². The molecule has 0 aromatic heterocycles. The Labute approximate surface area is 138 Å². The van der Waals surface area contributed by atoms with Gasteiger partial charge in [-0.05, 0) is 43.5 Å². The summed E-state index contributed by atoms with van der Waals surface area (Å²) in [6.45, 7) is 4.44. The van der Waals surface area contributed by atoms with Crippen molar-refractivity contribution in [2.24, 2.45) is 0 Å². The van der Waals surface area contributed by atoms with Crippen LogP contribution in [0.4, 0.5) is 0 Å². The first-order valence-electron chi connectivity index (χ1n) is 6.81. The second-order valence-corrected chi connectivity index (χ2v) is 6.91. The van der Waals surface area contributed by atoms with E-state index in [1.165, 1.54) is 11.1 Å². The summed E-state index contributed by atoms with van der Waals surface area (Å²) in [7, 11) is 0. The Bertz CT molecular complexity index is 554. The van der Waals surface area contributed by atoms with E-state index in [1.807, 2.05) is 0 Å². The third-order valence-electron chi connectivity index (χ3n) is 3.35. The standard InChI is InChI=1S/C17H19Br2N/c1-12(10-14-6-4-3-5-7-14)20-13(2)16-9-8-15(18)11-17(16)19/h3-9,11-13,20H,10H2,1-2H3. The average Bonchev–Trinajstić information content (AvgIpc) is 2.39. The molecule has 1 nitrogen and oxygen atoms in total. The van der Waals surface area contributed by atoms with Crippen LogP contribution in [0.2, 0.25) is 0 Å². The Kier molecular flexibility index (Phi) is 5.82. The van der Waals surface area contributed by atoms with Gasteiger partial charge in [0.15, 0.2) is 0 Å². The molecule has 0 heterocycles. The summed E-state index contributed by atoms with van der Waals surface area (Å²) in [5.41, 5.74) is 2.66. The molecule has 0 saturated carbocycles. The lowest BCUT2D eigenvalue weighted by Gasteiger charge is -2.21. The van der Waals surface area contributed by atoms with Gasteiger partial charge >= 0.3 is 0 Å². The molecule has 0 aliphatic carbocycles. The van der Waals surface area contributed by atoms with Gasteiger partial charge in [-0.25, -0.2) is 0 Å². The van der Waals surface area contributed by atoms with Crippen LogP contribution in [0, 0.1) is 0 Å². The summed E-state index contributed by atoms with van der Waals surface area (Å²) in [5, 5.41) is 3.66. The van der Waals surface area contributed by atoms with Gasteiger partial charge in [-0.15, -0.1) is 0 Å². The molecule has 0 fully saturated rings. The fourth-order valence-corrected chi connectivity index (χ4v) is 3.79. The maximum atomic E-state index is 3.66. The molecule has 2 unspecified atom stereocenters. The molecule has 3 heteroatoms. The molecule has 2 aromatic carbocycles. The van der Waals surface area contributed by atoms with Gasteiger partial charge in [0.05, 0.1) is 0 Å². The Morgan fingerprint density at radius 2 is 1.70 bits per heavy atom. The Morgan fingerprint density at radius 1 is 1.00 bits per heavy atom. The van der Waals surface area contributed by atoms with E-state index in [0.717, 1.165) is 15.4 Å². The molecule has 2 rings (SSSR count). The molecule has 0 radical (unpaired) electrons. The molecule has 20 heavy (non-hydrogen) atoms. The molecule has 1 N–H and O–H groups in total. The maximum absolute atomic E-state index is 3.66. The Balaban J connectivity index is 1.98. The SMILES string of the molecule is CC(Cc1ccccc1)NC(C)c1ccc(Br)cc1Br. The quantitative estimate of drug-likeness (QED) is 0.704. The van der Waals surface area contributed by atoms with E-state index in [1.54, 1.807) is 0 Å². The Morgan fingerprint density at radius 3 is 2.35 bits per heavy atom. The molecule has 2 aromatic rings. The summed E-state index contributed by atoms with van der Waals surface area (Å²) < 4.78 is 2.23. The van der Waals surface area contributed by atoms with Gasteiger partial charge in [0.1, 0.15) is 0 Å². The zero-order valence-corrected chi connectivity index (χ0v) is 14.9. The Hall–Kier alpha value is -0.640. The molecule has 2 atom stereocenters. The smallest absolute Gasteiger partial charge is 0.0305 e. The van der Waals surface area contributed by atoms with Gasteiger partial charge in [-0.1, -0.05) is 68.3 Å². The molecule has 0 bridgehead atoms. The molecule has 0 aliphatic rings. The van der Waals surface area contributed by atoms with Crippen LogP contribution in [0.5, 0.6) is 0 Å². The normalized spacial score (nSPS) is 14.0. The zero-order valence-electron chi connectivity index (χ0n) is 11.7. The maximum Gasteiger partial charge on any atom is 0.0305 e. The van der Waals surface area contributed by atoms with E-state index in [0.29, 0.717) is 12.1 Å². The predicted octanol–water partition coefficient (Wildman–Crippen LogP) is 5.49. The third-order valence-corrected chi connectivity index (χ3v) is 4.53. The minimum atomic E-state index is 0.316. The number of benzene rings is 2. The number of rotatable bonds is 5. The van der Waals surface area contributed by atoms with Crippen LogP contribution < -0.4 is 5.32 Å². The summed E-state index contributed by atoms with van der Waals surface area (Å²) >= 11 is 7.12. The van der Waals surface area contributed by atoms with Crippen LogP contribution in [0.15, 0.2) is 57.5 Å². The second kappa shape index (κ2) is 7.39. The van der Waals surface area contributed by atoms with E-state index in [-0.39, 0.29) is 0 Å². The molecular formula is C17H19Br2N. The first-order chi connectivity index (χ1) is 9.56. The van der Waals surface area contributed by atoms with Crippen molar-refractivity contribution in [3.05, 3.63) is 68.6 Å². The van der Waals surface area contributed by atoms with E-state index < -0.39 is 0 Å². The minimum Gasteiger partial charge on any atom is -0.307 e. The van der Waals surface area contributed by atoms with Crippen LogP contribution in [0.3, 0.4) is 0 Å². The molecule has 0 aliphatic heterocycles. The van der Waals surface area contributed by atoms with Gasteiger partial charge in [0.2, 0.25) is 0 Å². The average molecular weight is 397 g/mol. The van der Waals surface area contributed by atoms with Crippen LogP contribution in [-0.2, 0) is 6.42 Å². The lowest BCUT2D eigenvalue weighted by atomic mass is 10.0. The first kappa shape index (κ1) is 15.7. The van der Waals surface area contributed by atoms with Crippen LogP contribution in [0.25, 0.3) is 0 Å². The number of hydrogen-bond acceptors (Lipinski definition) is 1. The van der Waals surface area contributed by atoms with Crippen LogP contribution >= 0.6 is 31.9 Å². The van der Waals surface area contributed by atoms with Crippen molar-refractivity contribution in [1.82, 2.24) is 5.32 Å². The second-order valence-electron chi connectivity index (χ2n) is 5.14. The van der Waals surface area contributed by atoms with Crippen molar-refractivity contribution >= 4 is 31.9 Å². The summed E-state index contributed by atoms with van der Waals surface area (Å²) in [6.07, 6.45) is 1.04. The lowest BCUT2D eigenvalue weighted by molar-refractivity contribution is 0.476. The van der Waals surface area contributed by atoms with Gasteiger partial charge < -0.3 is 5.32 Å². The number of nitrogens with one attached hydrogen (secondary N) is 1. The fourth-order valence-electron chi connectivity index (χ4n) is 2.40. The molecule has 0 saturated heterocycles. The van der Waals surface area contributed by atoms with Crippen LogP contribution in [0.1, 0.15) is 31.0 Å². The topological polar surface area (TPSA) is 12.0 Å². The van der Waals surface area contributed by atoms with Crippen molar-refractivity contribution < 1.29 is 0 Å². The van der Waals surface area contributed by atoms with E-state index in [4.69, 9.17) is 0 Å². The molecular weight excluding hydrogens is 378 g/mol. The highest BCUT2D eigenvalue weighted by molar-refractivity contribution is 9.11. The highest BCUT2D eigenvalue weighted by atomic mass is 79.9. The molecule has 0 amide bonds. The zero-order chi connectivity index (χ0) is 14.5. The monoisotopic (exact) mass is 395 g/mol. The number of hydrogen-bond donors (Lipinski definition) is 1. The van der Waals surface area contributed by atoms with Crippen LogP contribution in [-0.4, -0.2) is 6.04 Å². The highest BCUT2D eigenvalue weighted by Crippen LogP contribution is 2.27. The van der Waals surface area contributed by atoms with Gasteiger partial charge in [-0.2, -0.15) is 0 Å². The summed E-state index contributed by atoms with van der Waals surface area (Å²) in [6, 6.07) is 17.7. The van der Waals surface area contributed by atoms with Crippen molar-refractivity contribution in [2.75, 3.05) is 0 Å². The van der Waals surface area contributed by atoms with Gasteiger partial charge in [0.25, 0.3) is 0 Å². The van der Waals surface area contributed by atoms with Crippen molar-refractivity contribution in [2.45, 2.75) is 32.4 Å². The first-order valence-corrected chi connectivity index (χ1v) is 8.40. The van der Waals surface area contributed by atoms with Gasteiger partial charge in [0, 0.05) is 21.0 Å². The van der Waals surface area contributed by atoms with Crippen molar-refractivity contribution in [1.29, 1.82) is 0 Å². The minimum absolute atomic E-state index is 0.316. The lowest BCUT2D eigenvalue weighted by Crippen LogP contribution is -2.30. The van der Waals surface area contributed by atoms with Crippen molar-refractivity contribution in [3.63, 3.8) is 0 Å². The fraction of sp³-hybridized carbons (Fsp3) is 0.294. The van der Waals surface area contributed by atoms with Crippen molar-refractivity contribution in [3.8, 4) is 0 Å².